The van der Waals surface area contributed by atoms with E-state index in [1.165, 1.54) is 13.0 Å². The maximum atomic E-state index is 11.9. The zero-order chi connectivity index (χ0) is 33.8. The Morgan fingerprint density at radius 1 is 0.909 bits per heavy atom. The Morgan fingerprint density at radius 2 is 1.52 bits per heavy atom. The lowest BCUT2D eigenvalue weighted by Gasteiger charge is -2.45. The molecule has 0 aromatic carbocycles. The molecule has 10 N–H and O–H groups in total. The number of hydrogen-bond acceptors (Lipinski definition) is 15. The molecule has 15 heteroatoms. The van der Waals surface area contributed by atoms with Gasteiger partial charge in [0.25, 0.3) is 0 Å². The van der Waals surface area contributed by atoms with Crippen LogP contribution in [0.15, 0.2) is 23.3 Å². The number of rotatable bonds is 19. The van der Waals surface area contributed by atoms with Crippen LogP contribution in [0.3, 0.4) is 0 Å². The van der Waals surface area contributed by atoms with Crippen LogP contribution in [0.2, 0.25) is 0 Å². The lowest BCUT2D eigenvalue weighted by molar-refractivity contribution is -0.335. The third kappa shape index (κ3) is 12.3. The molecule has 1 heterocycles. The highest BCUT2D eigenvalue weighted by Gasteiger charge is 2.48. The highest BCUT2D eigenvalue weighted by molar-refractivity contribution is 5.66. The van der Waals surface area contributed by atoms with E-state index in [4.69, 9.17) is 24.1 Å². The van der Waals surface area contributed by atoms with Crippen molar-refractivity contribution in [3.63, 3.8) is 0 Å². The van der Waals surface area contributed by atoms with Crippen molar-refractivity contribution >= 4 is 5.97 Å². The Morgan fingerprint density at radius 3 is 2.07 bits per heavy atom. The lowest BCUT2D eigenvalue weighted by Crippen LogP contribution is -2.61. The van der Waals surface area contributed by atoms with E-state index in [1.807, 2.05) is 19.9 Å². The van der Waals surface area contributed by atoms with Crippen LogP contribution >= 0.6 is 0 Å². The Labute approximate surface area is 257 Å². The first-order chi connectivity index (χ1) is 20.5. The summed E-state index contributed by atoms with van der Waals surface area (Å²) in [4.78, 5) is 11.9. The summed E-state index contributed by atoms with van der Waals surface area (Å²) in [5.41, 5.74) is 0.00198. The van der Waals surface area contributed by atoms with Gasteiger partial charge in [-0.3, -0.25) is 4.79 Å². The summed E-state index contributed by atoms with van der Waals surface area (Å²) in [5, 5.41) is 99.8. The van der Waals surface area contributed by atoms with Gasteiger partial charge >= 0.3 is 5.97 Å². The number of ether oxygens (including phenoxy) is 4. The zero-order valence-corrected chi connectivity index (χ0v) is 26.0. The quantitative estimate of drug-likeness (QED) is 0.0394. The maximum absolute atomic E-state index is 11.9. The van der Waals surface area contributed by atoms with Crippen LogP contribution in [0.1, 0.15) is 53.9 Å². The standard InChI is InChI=1S/C29H52O15/c1-15(2)7-6-9-29(5,44-28-27(40)26(39)25(38)21(13-31)43-28)22(35)11-20(42-17(4)32)16(3)8-10-41-14-19(34)24(37)23(36)18(33)12-30/h7-8,18-28,30-31,33-40H,6,9-14H2,1-5H3/b16-8+. The van der Waals surface area contributed by atoms with Gasteiger partial charge in [-0.15, -0.1) is 0 Å². The fourth-order valence-electron chi connectivity index (χ4n) is 4.53. The molecule has 0 aromatic rings. The third-order valence-electron chi connectivity index (χ3n) is 7.52. The molecular formula is C29H52O15. The van der Waals surface area contributed by atoms with Crippen molar-refractivity contribution in [1.82, 2.24) is 0 Å². The van der Waals surface area contributed by atoms with Crippen molar-refractivity contribution in [2.75, 3.05) is 26.4 Å². The van der Waals surface area contributed by atoms with Crippen LogP contribution < -0.4 is 0 Å². The molecule has 0 bridgehead atoms. The minimum atomic E-state index is -1.80. The van der Waals surface area contributed by atoms with Gasteiger partial charge < -0.3 is 70.0 Å². The number of allylic oxidation sites excluding steroid dienone is 2. The molecule has 1 fully saturated rings. The minimum Gasteiger partial charge on any atom is -0.458 e. The van der Waals surface area contributed by atoms with Crippen molar-refractivity contribution in [2.24, 2.45) is 0 Å². The summed E-state index contributed by atoms with van der Waals surface area (Å²) in [6.07, 6.45) is -13.0. The molecule has 1 aliphatic heterocycles. The molecule has 12 atom stereocenters. The maximum Gasteiger partial charge on any atom is 0.303 e. The Balaban J connectivity index is 3.07. The average molecular weight is 641 g/mol. The van der Waals surface area contributed by atoms with Gasteiger partial charge in [0.1, 0.15) is 54.9 Å². The molecule has 1 aliphatic rings. The highest BCUT2D eigenvalue weighted by atomic mass is 16.7. The van der Waals surface area contributed by atoms with Crippen molar-refractivity contribution in [3.05, 3.63) is 23.3 Å². The van der Waals surface area contributed by atoms with Crippen molar-refractivity contribution in [1.29, 1.82) is 0 Å². The second-order valence-corrected chi connectivity index (χ2v) is 11.6. The summed E-state index contributed by atoms with van der Waals surface area (Å²) in [6.45, 7) is 6.06. The summed E-state index contributed by atoms with van der Waals surface area (Å²) >= 11 is 0. The first-order valence-corrected chi connectivity index (χ1v) is 14.5. The SMILES string of the molecule is CC(=O)OC(CC(O)C(C)(CCC=C(C)C)OC1OC(CO)C(O)C(O)C1O)/C(C)=C/COCC(O)C(O)C(O)C(O)CO. The molecule has 44 heavy (non-hydrogen) atoms. The Bertz CT molecular complexity index is 907. The van der Waals surface area contributed by atoms with Crippen molar-refractivity contribution in [3.8, 4) is 0 Å². The second-order valence-electron chi connectivity index (χ2n) is 11.6. The van der Waals surface area contributed by atoms with Crippen LogP contribution in [0.4, 0.5) is 0 Å². The Kier molecular flexibility index (Phi) is 17.6. The predicted octanol–water partition coefficient (Wildman–Crippen LogP) is -2.61. The molecular weight excluding hydrogens is 588 g/mol. The molecule has 12 unspecified atom stereocenters. The molecule has 1 saturated heterocycles. The third-order valence-corrected chi connectivity index (χ3v) is 7.52. The van der Waals surface area contributed by atoms with Gasteiger partial charge in [-0.25, -0.2) is 0 Å². The normalized spacial score (nSPS) is 28.2. The largest absolute Gasteiger partial charge is 0.458 e. The van der Waals surface area contributed by atoms with Gasteiger partial charge in [0.2, 0.25) is 0 Å². The van der Waals surface area contributed by atoms with E-state index in [0.717, 1.165) is 5.57 Å². The number of hydrogen-bond donors (Lipinski definition) is 10. The lowest BCUT2D eigenvalue weighted by atomic mass is 9.87. The predicted molar refractivity (Wildman–Crippen MR) is 154 cm³/mol. The molecule has 258 valence electrons. The van der Waals surface area contributed by atoms with E-state index in [2.05, 4.69) is 0 Å². The summed E-state index contributed by atoms with van der Waals surface area (Å²) in [5.74, 6) is -0.646. The molecule has 15 nitrogen and oxygen atoms in total. The van der Waals surface area contributed by atoms with Gasteiger partial charge in [0, 0.05) is 13.3 Å². The molecule has 0 aliphatic carbocycles. The van der Waals surface area contributed by atoms with Crippen LogP contribution in [0.25, 0.3) is 0 Å². The van der Waals surface area contributed by atoms with Crippen LogP contribution in [-0.4, -0.2) is 156 Å². The van der Waals surface area contributed by atoms with Gasteiger partial charge in [0.15, 0.2) is 6.29 Å². The monoisotopic (exact) mass is 640 g/mol. The molecule has 1 rings (SSSR count). The number of carbonyl (C=O) groups is 1. The van der Waals surface area contributed by atoms with Gasteiger partial charge in [-0.1, -0.05) is 17.7 Å². The fourth-order valence-corrected chi connectivity index (χ4v) is 4.53. The van der Waals surface area contributed by atoms with Crippen LogP contribution in [0.5, 0.6) is 0 Å². The molecule has 0 aromatic heterocycles. The average Bonchev–Trinajstić information content (AvgIpc) is 2.97. The first-order valence-electron chi connectivity index (χ1n) is 14.5. The van der Waals surface area contributed by atoms with E-state index in [9.17, 15) is 50.8 Å². The molecule has 0 amide bonds. The topological polar surface area (TPSA) is 256 Å². The number of carbonyl (C=O) groups excluding carboxylic acids is 1. The second kappa shape index (κ2) is 19.2. The van der Waals surface area contributed by atoms with Crippen molar-refractivity contribution < 1.29 is 74.8 Å². The summed E-state index contributed by atoms with van der Waals surface area (Å²) < 4.78 is 22.3. The van der Waals surface area contributed by atoms with E-state index in [-0.39, 0.29) is 19.4 Å². The Hall–Kier alpha value is -1.57. The van der Waals surface area contributed by atoms with Crippen LogP contribution in [-0.2, 0) is 23.7 Å². The molecule has 0 radical (unpaired) electrons. The molecule has 0 spiro atoms. The number of aliphatic hydroxyl groups excluding tert-OH is 10. The van der Waals surface area contributed by atoms with Gasteiger partial charge in [-0.05, 0) is 46.1 Å². The summed E-state index contributed by atoms with van der Waals surface area (Å²) in [7, 11) is 0. The van der Waals surface area contributed by atoms with Crippen LogP contribution in [0, 0.1) is 0 Å². The highest BCUT2D eigenvalue weighted by Crippen LogP contribution is 2.33. The molecule has 0 saturated carbocycles. The van der Waals surface area contributed by atoms with E-state index in [1.54, 1.807) is 13.8 Å². The number of esters is 1. The minimum absolute atomic E-state index is 0.138. The van der Waals surface area contributed by atoms with E-state index in [0.29, 0.717) is 12.0 Å². The smallest absolute Gasteiger partial charge is 0.303 e. The fraction of sp³-hybridized carbons (Fsp3) is 0.828. The van der Waals surface area contributed by atoms with Gasteiger partial charge in [-0.2, -0.15) is 0 Å². The van der Waals surface area contributed by atoms with Gasteiger partial charge in [0.05, 0.1) is 38.1 Å². The van der Waals surface area contributed by atoms with E-state index < -0.39 is 98.7 Å². The number of aliphatic hydroxyl groups is 10. The summed E-state index contributed by atoms with van der Waals surface area (Å²) in [6, 6.07) is 0. The zero-order valence-electron chi connectivity index (χ0n) is 26.0. The van der Waals surface area contributed by atoms with Crippen molar-refractivity contribution in [2.45, 2.75) is 127 Å². The van der Waals surface area contributed by atoms with E-state index >= 15 is 0 Å². The first kappa shape index (κ1) is 40.5.